The highest BCUT2D eigenvalue weighted by Gasteiger charge is 2.17. The van der Waals surface area contributed by atoms with E-state index in [9.17, 15) is 4.79 Å². The summed E-state index contributed by atoms with van der Waals surface area (Å²) in [5, 5.41) is 3.02. The van der Waals surface area contributed by atoms with Gasteiger partial charge in [-0.15, -0.1) is 0 Å². The Morgan fingerprint density at radius 2 is 1.85 bits per heavy atom. The van der Waals surface area contributed by atoms with Crippen molar-refractivity contribution in [2.24, 2.45) is 0 Å². The second kappa shape index (κ2) is 8.39. The summed E-state index contributed by atoms with van der Waals surface area (Å²) < 4.78 is 7.43. The Morgan fingerprint density at radius 3 is 2.58 bits per heavy atom. The third kappa shape index (κ3) is 4.33. The van der Waals surface area contributed by atoms with Crippen LogP contribution in [0.5, 0.6) is 5.75 Å². The Balaban J connectivity index is 1.72. The van der Waals surface area contributed by atoms with Gasteiger partial charge in [-0.3, -0.25) is 4.79 Å². The highest BCUT2D eigenvalue weighted by atomic mass is 16.5. The standard InChI is InChI=1S/C22H24N2O2/c1-17-8-7-10-18(14-17)20(24-12-5-6-13-24)15-22(25)23-16-19-9-3-4-11-21(19)26-2/h3-14,20H,15-16H2,1-2H3,(H,23,25)/t20-/m0/s1. The van der Waals surface area contributed by atoms with Crippen LogP contribution in [-0.4, -0.2) is 17.6 Å². The number of benzene rings is 2. The van der Waals surface area contributed by atoms with E-state index >= 15 is 0 Å². The van der Waals surface area contributed by atoms with Crippen LogP contribution in [0.25, 0.3) is 0 Å². The van der Waals surface area contributed by atoms with Gasteiger partial charge in [0.1, 0.15) is 5.75 Å². The van der Waals surface area contributed by atoms with Gasteiger partial charge in [0.05, 0.1) is 19.6 Å². The Hall–Kier alpha value is -3.01. The fourth-order valence-electron chi connectivity index (χ4n) is 3.12. The summed E-state index contributed by atoms with van der Waals surface area (Å²) in [6.07, 6.45) is 4.38. The molecule has 0 aliphatic carbocycles. The summed E-state index contributed by atoms with van der Waals surface area (Å²) in [6, 6.07) is 20.0. The van der Waals surface area contributed by atoms with Crippen LogP contribution in [0.2, 0.25) is 0 Å². The molecule has 0 bridgehead atoms. The van der Waals surface area contributed by atoms with Crippen molar-refractivity contribution in [2.45, 2.75) is 25.9 Å². The molecule has 4 nitrogen and oxygen atoms in total. The van der Waals surface area contributed by atoms with Crippen molar-refractivity contribution in [3.05, 3.63) is 89.7 Å². The highest BCUT2D eigenvalue weighted by molar-refractivity contribution is 5.77. The summed E-state index contributed by atoms with van der Waals surface area (Å²) in [6.45, 7) is 2.52. The minimum absolute atomic E-state index is 0.0103. The summed E-state index contributed by atoms with van der Waals surface area (Å²) >= 11 is 0. The monoisotopic (exact) mass is 348 g/mol. The van der Waals surface area contributed by atoms with Crippen LogP contribution in [0.15, 0.2) is 73.1 Å². The molecule has 134 valence electrons. The minimum atomic E-state index is -0.0254. The number of hydrogen-bond acceptors (Lipinski definition) is 2. The maximum absolute atomic E-state index is 12.6. The smallest absolute Gasteiger partial charge is 0.222 e. The van der Waals surface area contributed by atoms with Gasteiger partial charge in [-0.05, 0) is 30.7 Å². The van der Waals surface area contributed by atoms with Crippen molar-refractivity contribution in [1.82, 2.24) is 9.88 Å². The van der Waals surface area contributed by atoms with Gasteiger partial charge in [0.15, 0.2) is 0 Å². The number of ether oxygens (including phenoxy) is 1. The van der Waals surface area contributed by atoms with E-state index in [1.54, 1.807) is 7.11 Å². The van der Waals surface area contributed by atoms with E-state index in [2.05, 4.69) is 35.0 Å². The molecule has 0 unspecified atom stereocenters. The molecular weight excluding hydrogens is 324 g/mol. The summed E-state index contributed by atoms with van der Waals surface area (Å²) in [7, 11) is 1.64. The Labute approximate surface area is 154 Å². The fourth-order valence-corrected chi connectivity index (χ4v) is 3.12. The normalized spacial score (nSPS) is 11.8. The van der Waals surface area contributed by atoms with Crippen molar-refractivity contribution < 1.29 is 9.53 Å². The molecular formula is C22H24N2O2. The Morgan fingerprint density at radius 1 is 1.08 bits per heavy atom. The second-order valence-electron chi connectivity index (χ2n) is 6.35. The van der Waals surface area contributed by atoms with E-state index in [1.165, 1.54) is 5.56 Å². The average Bonchev–Trinajstić information content (AvgIpc) is 3.19. The van der Waals surface area contributed by atoms with Crippen LogP contribution in [-0.2, 0) is 11.3 Å². The number of hydrogen-bond donors (Lipinski definition) is 1. The quantitative estimate of drug-likeness (QED) is 0.698. The van der Waals surface area contributed by atoms with Gasteiger partial charge >= 0.3 is 0 Å². The van der Waals surface area contributed by atoms with Crippen molar-refractivity contribution in [1.29, 1.82) is 0 Å². The van der Waals surface area contributed by atoms with Crippen LogP contribution >= 0.6 is 0 Å². The van der Waals surface area contributed by atoms with Gasteiger partial charge < -0.3 is 14.6 Å². The van der Waals surface area contributed by atoms with E-state index < -0.39 is 0 Å². The molecule has 1 heterocycles. The number of methoxy groups -OCH3 is 1. The number of nitrogens with one attached hydrogen (secondary N) is 1. The van der Waals surface area contributed by atoms with E-state index in [0.717, 1.165) is 16.9 Å². The molecule has 0 spiro atoms. The molecule has 1 amide bonds. The number of amides is 1. The lowest BCUT2D eigenvalue weighted by Gasteiger charge is -2.20. The first-order valence-electron chi connectivity index (χ1n) is 8.75. The molecule has 1 atom stereocenters. The molecule has 0 saturated carbocycles. The molecule has 0 aliphatic rings. The molecule has 0 radical (unpaired) electrons. The predicted molar refractivity (Wildman–Crippen MR) is 103 cm³/mol. The van der Waals surface area contributed by atoms with Crippen molar-refractivity contribution >= 4 is 5.91 Å². The van der Waals surface area contributed by atoms with Gasteiger partial charge in [0.25, 0.3) is 0 Å². The molecule has 0 fully saturated rings. The van der Waals surface area contributed by atoms with Crippen LogP contribution < -0.4 is 10.1 Å². The molecule has 4 heteroatoms. The Bertz CT molecular complexity index is 856. The third-order valence-corrected chi connectivity index (χ3v) is 4.46. The summed E-state index contributed by atoms with van der Waals surface area (Å²) in [4.78, 5) is 12.6. The Kier molecular flexibility index (Phi) is 5.74. The van der Waals surface area contributed by atoms with E-state index in [4.69, 9.17) is 4.74 Å². The number of aromatic nitrogens is 1. The molecule has 0 saturated heterocycles. The number of aryl methyl sites for hydroxylation is 1. The number of nitrogens with zero attached hydrogens (tertiary/aromatic N) is 1. The van der Waals surface area contributed by atoms with Gasteiger partial charge in [0, 0.05) is 24.5 Å². The molecule has 1 aromatic heterocycles. The van der Waals surface area contributed by atoms with Crippen molar-refractivity contribution in [3.63, 3.8) is 0 Å². The van der Waals surface area contributed by atoms with Crippen LogP contribution in [0.4, 0.5) is 0 Å². The van der Waals surface area contributed by atoms with Gasteiger partial charge in [-0.2, -0.15) is 0 Å². The van der Waals surface area contributed by atoms with E-state index in [0.29, 0.717) is 13.0 Å². The summed E-state index contributed by atoms with van der Waals surface area (Å²) in [5.74, 6) is 0.796. The maximum atomic E-state index is 12.6. The lowest BCUT2D eigenvalue weighted by molar-refractivity contribution is -0.121. The molecule has 26 heavy (non-hydrogen) atoms. The van der Waals surface area contributed by atoms with Crippen molar-refractivity contribution in [3.8, 4) is 5.75 Å². The first kappa shape index (κ1) is 17.8. The minimum Gasteiger partial charge on any atom is -0.496 e. The van der Waals surface area contributed by atoms with Crippen LogP contribution in [0, 0.1) is 6.92 Å². The molecule has 2 aromatic carbocycles. The number of carbonyl (C=O) groups is 1. The number of para-hydroxylation sites is 1. The lowest BCUT2D eigenvalue weighted by Crippen LogP contribution is -2.26. The fraction of sp³-hybridized carbons (Fsp3) is 0.227. The number of rotatable bonds is 7. The maximum Gasteiger partial charge on any atom is 0.222 e. The third-order valence-electron chi connectivity index (χ3n) is 4.46. The summed E-state index contributed by atoms with van der Waals surface area (Å²) in [5.41, 5.74) is 3.29. The zero-order chi connectivity index (χ0) is 18.4. The molecule has 0 aliphatic heterocycles. The largest absolute Gasteiger partial charge is 0.496 e. The molecule has 3 aromatic rings. The van der Waals surface area contributed by atoms with E-state index in [-0.39, 0.29) is 11.9 Å². The molecule has 3 rings (SSSR count). The second-order valence-corrected chi connectivity index (χ2v) is 6.35. The highest BCUT2D eigenvalue weighted by Crippen LogP contribution is 2.23. The zero-order valence-corrected chi connectivity index (χ0v) is 15.2. The van der Waals surface area contributed by atoms with Crippen LogP contribution in [0.3, 0.4) is 0 Å². The van der Waals surface area contributed by atoms with Gasteiger partial charge in [-0.1, -0.05) is 48.0 Å². The number of carbonyl (C=O) groups excluding carboxylic acids is 1. The predicted octanol–water partition coefficient (Wildman–Crippen LogP) is 4.10. The van der Waals surface area contributed by atoms with Gasteiger partial charge in [0.2, 0.25) is 5.91 Å². The van der Waals surface area contributed by atoms with Gasteiger partial charge in [-0.25, -0.2) is 0 Å². The van der Waals surface area contributed by atoms with Crippen LogP contribution in [0.1, 0.15) is 29.2 Å². The SMILES string of the molecule is COc1ccccc1CNC(=O)C[C@@H](c1cccc(C)c1)n1cccc1. The average molecular weight is 348 g/mol. The first-order chi connectivity index (χ1) is 12.7. The topological polar surface area (TPSA) is 43.3 Å². The zero-order valence-electron chi connectivity index (χ0n) is 15.2. The first-order valence-corrected chi connectivity index (χ1v) is 8.75. The van der Waals surface area contributed by atoms with E-state index in [1.807, 2.05) is 54.9 Å². The van der Waals surface area contributed by atoms with Crippen molar-refractivity contribution in [2.75, 3.05) is 7.11 Å². The lowest BCUT2D eigenvalue weighted by atomic mass is 10.0. The molecule has 1 N–H and O–H groups in total.